The summed E-state index contributed by atoms with van der Waals surface area (Å²) in [6.45, 7) is 1.90. The molecule has 2 heterocycles. The maximum absolute atomic E-state index is 12.5. The van der Waals surface area contributed by atoms with Gasteiger partial charge in [0.05, 0.1) is 16.6 Å². The van der Waals surface area contributed by atoms with Crippen molar-refractivity contribution in [1.82, 2.24) is 14.5 Å². The van der Waals surface area contributed by atoms with Gasteiger partial charge in [0.1, 0.15) is 5.69 Å². The molecule has 6 nitrogen and oxygen atoms in total. The van der Waals surface area contributed by atoms with Gasteiger partial charge in [0, 0.05) is 38.0 Å². The summed E-state index contributed by atoms with van der Waals surface area (Å²) in [5.41, 5.74) is 3.84. The van der Waals surface area contributed by atoms with Gasteiger partial charge in [0.25, 0.3) is 11.8 Å². The van der Waals surface area contributed by atoms with Crippen LogP contribution >= 0.6 is 11.6 Å². The number of halogens is 1. The SMILES string of the molecule is Cc1ccc(NC(=O)c2cnc3cc(C(=O)N(C)C)n(C)c3c2)cc1Cl. The molecule has 1 aromatic carbocycles. The van der Waals surface area contributed by atoms with Crippen LogP contribution in [0.15, 0.2) is 36.5 Å². The predicted octanol–water partition coefficient (Wildman–Crippen LogP) is 3.49. The number of hydrogen-bond donors (Lipinski definition) is 1. The van der Waals surface area contributed by atoms with E-state index in [4.69, 9.17) is 11.6 Å². The number of amides is 2. The van der Waals surface area contributed by atoms with E-state index >= 15 is 0 Å². The number of anilines is 1. The molecule has 134 valence electrons. The second-order valence-corrected chi connectivity index (χ2v) is 6.74. The summed E-state index contributed by atoms with van der Waals surface area (Å²) in [7, 11) is 5.17. The van der Waals surface area contributed by atoms with Crippen LogP contribution < -0.4 is 5.32 Å². The first kappa shape index (κ1) is 17.9. The highest BCUT2D eigenvalue weighted by Gasteiger charge is 2.17. The molecule has 2 amide bonds. The Hall–Kier alpha value is -2.86. The zero-order valence-electron chi connectivity index (χ0n) is 15.0. The van der Waals surface area contributed by atoms with E-state index < -0.39 is 0 Å². The lowest BCUT2D eigenvalue weighted by atomic mass is 10.2. The Morgan fingerprint density at radius 1 is 1.19 bits per heavy atom. The zero-order chi connectivity index (χ0) is 19.0. The Morgan fingerprint density at radius 2 is 1.92 bits per heavy atom. The number of hydrogen-bond acceptors (Lipinski definition) is 3. The van der Waals surface area contributed by atoms with E-state index in [2.05, 4.69) is 10.3 Å². The average Bonchev–Trinajstić information content (AvgIpc) is 2.93. The topological polar surface area (TPSA) is 67.2 Å². The molecule has 2 aromatic heterocycles. The normalized spacial score (nSPS) is 10.8. The van der Waals surface area contributed by atoms with Crippen molar-refractivity contribution in [2.75, 3.05) is 19.4 Å². The molecule has 0 aliphatic heterocycles. The summed E-state index contributed by atoms with van der Waals surface area (Å²) in [6.07, 6.45) is 1.50. The minimum absolute atomic E-state index is 0.120. The van der Waals surface area contributed by atoms with Gasteiger partial charge in [-0.3, -0.25) is 14.6 Å². The van der Waals surface area contributed by atoms with E-state index in [0.29, 0.717) is 33.0 Å². The first-order chi connectivity index (χ1) is 12.3. The fraction of sp³-hybridized carbons (Fsp3) is 0.211. The van der Waals surface area contributed by atoms with Crippen LogP contribution in [0.4, 0.5) is 5.69 Å². The van der Waals surface area contributed by atoms with E-state index in [-0.39, 0.29) is 11.8 Å². The van der Waals surface area contributed by atoms with Gasteiger partial charge in [0.15, 0.2) is 0 Å². The maximum atomic E-state index is 12.5. The third kappa shape index (κ3) is 3.28. The third-order valence-electron chi connectivity index (χ3n) is 4.21. The average molecular weight is 371 g/mol. The molecule has 0 saturated carbocycles. The summed E-state index contributed by atoms with van der Waals surface area (Å²) >= 11 is 6.10. The molecule has 0 atom stereocenters. The van der Waals surface area contributed by atoms with E-state index in [9.17, 15) is 9.59 Å². The second kappa shape index (κ2) is 6.80. The fourth-order valence-corrected chi connectivity index (χ4v) is 2.81. The molecule has 0 aliphatic rings. The van der Waals surface area contributed by atoms with Gasteiger partial charge in [-0.25, -0.2) is 0 Å². The number of rotatable bonds is 3. The minimum Gasteiger partial charge on any atom is -0.343 e. The Kier molecular flexibility index (Phi) is 4.70. The van der Waals surface area contributed by atoms with Crippen LogP contribution in [-0.2, 0) is 7.05 Å². The predicted molar refractivity (Wildman–Crippen MR) is 103 cm³/mol. The molecule has 0 aliphatic carbocycles. The van der Waals surface area contributed by atoms with Crippen LogP contribution in [0, 0.1) is 6.92 Å². The number of carbonyl (C=O) groups is 2. The Morgan fingerprint density at radius 3 is 2.58 bits per heavy atom. The molecule has 1 N–H and O–H groups in total. The lowest BCUT2D eigenvalue weighted by molar-refractivity contribution is 0.0818. The number of pyridine rings is 1. The van der Waals surface area contributed by atoms with Crippen molar-refractivity contribution in [3.8, 4) is 0 Å². The van der Waals surface area contributed by atoms with Crippen molar-refractivity contribution >= 4 is 40.1 Å². The van der Waals surface area contributed by atoms with Gasteiger partial charge in [-0.1, -0.05) is 17.7 Å². The van der Waals surface area contributed by atoms with Crippen molar-refractivity contribution in [3.05, 3.63) is 58.4 Å². The maximum Gasteiger partial charge on any atom is 0.270 e. The molecule has 3 rings (SSSR count). The molecule has 0 bridgehead atoms. The summed E-state index contributed by atoms with van der Waals surface area (Å²) in [6, 6.07) is 8.79. The number of benzene rings is 1. The van der Waals surface area contributed by atoms with Gasteiger partial charge < -0.3 is 14.8 Å². The smallest absolute Gasteiger partial charge is 0.270 e. The monoisotopic (exact) mass is 370 g/mol. The van der Waals surface area contributed by atoms with Crippen LogP contribution in [0.5, 0.6) is 0 Å². The van der Waals surface area contributed by atoms with Crippen LogP contribution in [0.25, 0.3) is 11.0 Å². The third-order valence-corrected chi connectivity index (χ3v) is 4.62. The van der Waals surface area contributed by atoms with Gasteiger partial charge in [-0.15, -0.1) is 0 Å². The van der Waals surface area contributed by atoms with E-state index in [1.54, 1.807) is 50.0 Å². The minimum atomic E-state index is -0.291. The van der Waals surface area contributed by atoms with Crippen molar-refractivity contribution in [1.29, 1.82) is 0 Å². The quantitative estimate of drug-likeness (QED) is 0.767. The first-order valence-electron chi connectivity index (χ1n) is 8.02. The molecule has 3 aromatic rings. The highest BCUT2D eigenvalue weighted by atomic mass is 35.5. The molecule has 0 spiro atoms. The molecular weight excluding hydrogens is 352 g/mol. The molecule has 0 radical (unpaired) electrons. The van der Waals surface area contributed by atoms with Crippen LogP contribution in [0.3, 0.4) is 0 Å². The number of nitrogens with zero attached hydrogens (tertiary/aromatic N) is 3. The molecular formula is C19H19ClN4O2. The lowest BCUT2D eigenvalue weighted by Crippen LogP contribution is -2.23. The standard InChI is InChI=1S/C19H19ClN4O2/c1-11-5-6-13(8-14(11)20)22-18(25)12-7-16-15(21-10-12)9-17(24(16)4)19(26)23(2)3/h5-10H,1-4H3,(H,22,25). The Balaban J connectivity index is 1.93. The first-order valence-corrected chi connectivity index (χ1v) is 8.40. The van der Waals surface area contributed by atoms with E-state index in [1.807, 2.05) is 13.0 Å². The summed E-state index contributed by atoms with van der Waals surface area (Å²) in [5, 5.41) is 3.40. The Labute approximate surface area is 156 Å². The van der Waals surface area contributed by atoms with Crippen LogP contribution in [0.2, 0.25) is 5.02 Å². The highest BCUT2D eigenvalue weighted by molar-refractivity contribution is 6.31. The lowest BCUT2D eigenvalue weighted by Gasteiger charge is -2.10. The van der Waals surface area contributed by atoms with Crippen molar-refractivity contribution in [3.63, 3.8) is 0 Å². The largest absolute Gasteiger partial charge is 0.343 e. The van der Waals surface area contributed by atoms with Gasteiger partial charge in [-0.05, 0) is 36.8 Å². The molecule has 26 heavy (non-hydrogen) atoms. The van der Waals surface area contributed by atoms with Crippen LogP contribution in [-0.4, -0.2) is 40.4 Å². The van der Waals surface area contributed by atoms with Crippen molar-refractivity contribution in [2.24, 2.45) is 7.05 Å². The van der Waals surface area contributed by atoms with Crippen molar-refractivity contribution < 1.29 is 9.59 Å². The number of aromatic nitrogens is 2. The zero-order valence-corrected chi connectivity index (χ0v) is 15.8. The number of fused-ring (bicyclic) bond motifs is 1. The van der Waals surface area contributed by atoms with Crippen molar-refractivity contribution in [2.45, 2.75) is 6.92 Å². The van der Waals surface area contributed by atoms with Gasteiger partial charge in [0.2, 0.25) is 0 Å². The number of nitrogens with one attached hydrogen (secondary N) is 1. The second-order valence-electron chi connectivity index (χ2n) is 6.33. The van der Waals surface area contributed by atoms with Gasteiger partial charge in [-0.2, -0.15) is 0 Å². The highest BCUT2D eigenvalue weighted by Crippen LogP contribution is 2.22. The number of carbonyl (C=O) groups excluding carboxylic acids is 2. The molecule has 0 fully saturated rings. The molecule has 0 saturated heterocycles. The van der Waals surface area contributed by atoms with Crippen LogP contribution in [0.1, 0.15) is 26.4 Å². The van der Waals surface area contributed by atoms with E-state index in [1.165, 1.54) is 11.1 Å². The molecule has 0 unspecified atom stereocenters. The summed E-state index contributed by atoms with van der Waals surface area (Å²) in [5.74, 6) is -0.410. The fourth-order valence-electron chi connectivity index (χ4n) is 2.63. The number of aryl methyl sites for hydroxylation is 2. The summed E-state index contributed by atoms with van der Waals surface area (Å²) in [4.78, 5) is 30.6. The van der Waals surface area contributed by atoms with Gasteiger partial charge >= 0.3 is 0 Å². The Bertz CT molecular complexity index is 1020. The molecule has 7 heteroatoms. The van der Waals surface area contributed by atoms with E-state index in [0.717, 1.165) is 5.56 Å². The summed E-state index contributed by atoms with van der Waals surface area (Å²) < 4.78 is 1.74.